The van der Waals surface area contributed by atoms with E-state index in [1.807, 2.05) is 18.2 Å². The molecule has 1 aliphatic heterocycles. The van der Waals surface area contributed by atoms with Crippen molar-refractivity contribution in [1.29, 1.82) is 0 Å². The van der Waals surface area contributed by atoms with E-state index < -0.39 is 0 Å². The highest BCUT2D eigenvalue weighted by Gasteiger charge is 2.35. The molecule has 2 atom stereocenters. The van der Waals surface area contributed by atoms with E-state index in [1.165, 1.54) is 32.4 Å². The number of ether oxygens (including phenoxy) is 1. The first-order valence-electron chi connectivity index (χ1n) is 7.14. The van der Waals surface area contributed by atoms with Crippen LogP contribution in [0.1, 0.15) is 35.2 Å². The Bertz CT molecular complexity index is 460. The van der Waals surface area contributed by atoms with E-state index in [9.17, 15) is 4.79 Å². The molecule has 1 aromatic carbocycles. The number of aldehydes is 1. The minimum absolute atomic E-state index is 0.732. The second-order valence-corrected chi connectivity index (χ2v) is 5.83. The predicted octanol–water partition coefficient (Wildman–Crippen LogP) is 2.74. The number of rotatable bonds is 4. The van der Waals surface area contributed by atoms with Crippen molar-refractivity contribution in [2.24, 2.45) is 11.8 Å². The molecular formula is C16H21NO2. The average molecular weight is 259 g/mol. The molecule has 2 aliphatic rings. The molecule has 1 saturated carbocycles. The lowest BCUT2D eigenvalue weighted by molar-refractivity contribution is 0.112. The van der Waals surface area contributed by atoms with Gasteiger partial charge in [-0.25, -0.2) is 0 Å². The number of fused-ring (bicyclic) bond motifs is 1. The van der Waals surface area contributed by atoms with Crippen LogP contribution in [0.2, 0.25) is 0 Å². The minimum atomic E-state index is 0.732. The molecule has 3 heteroatoms. The first kappa shape index (κ1) is 12.7. The Morgan fingerprint density at radius 2 is 2.05 bits per heavy atom. The van der Waals surface area contributed by atoms with Crippen LogP contribution in [0.3, 0.4) is 0 Å². The summed E-state index contributed by atoms with van der Waals surface area (Å²) in [5.41, 5.74) is 1.86. The number of benzene rings is 1. The largest absolute Gasteiger partial charge is 0.496 e. The lowest BCUT2D eigenvalue weighted by Gasteiger charge is -2.18. The standard InChI is InChI=1S/C16H21NO2/c1-19-16-6-5-12(11-18)7-15(16)10-17-8-13-3-2-4-14(13)9-17/h5-7,11,13-14H,2-4,8-10H2,1H3. The van der Waals surface area contributed by atoms with E-state index in [1.54, 1.807) is 7.11 Å². The summed E-state index contributed by atoms with van der Waals surface area (Å²) >= 11 is 0. The molecule has 0 bridgehead atoms. The SMILES string of the molecule is COc1ccc(C=O)cc1CN1CC2CCCC2C1. The molecule has 1 heterocycles. The number of hydrogen-bond acceptors (Lipinski definition) is 3. The fraction of sp³-hybridized carbons (Fsp3) is 0.562. The maximum absolute atomic E-state index is 10.9. The van der Waals surface area contributed by atoms with Crippen molar-refractivity contribution in [1.82, 2.24) is 4.90 Å². The lowest BCUT2D eigenvalue weighted by atomic mass is 10.0. The molecule has 0 spiro atoms. The first-order chi connectivity index (χ1) is 9.30. The van der Waals surface area contributed by atoms with Gasteiger partial charge in [0.1, 0.15) is 12.0 Å². The van der Waals surface area contributed by atoms with Gasteiger partial charge in [-0.15, -0.1) is 0 Å². The molecule has 3 nitrogen and oxygen atoms in total. The third-order valence-corrected chi connectivity index (χ3v) is 4.64. The quantitative estimate of drug-likeness (QED) is 0.779. The van der Waals surface area contributed by atoms with Crippen molar-refractivity contribution >= 4 is 6.29 Å². The fourth-order valence-electron chi connectivity index (χ4n) is 3.70. The summed E-state index contributed by atoms with van der Waals surface area (Å²) in [6, 6.07) is 5.67. The zero-order valence-electron chi connectivity index (χ0n) is 11.5. The van der Waals surface area contributed by atoms with Gasteiger partial charge in [0.15, 0.2) is 0 Å². The summed E-state index contributed by atoms with van der Waals surface area (Å²) in [5, 5.41) is 0. The number of methoxy groups -OCH3 is 1. The van der Waals surface area contributed by atoms with Crippen molar-refractivity contribution in [3.8, 4) is 5.75 Å². The molecule has 0 N–H and O–H groups in total. The fourth-order valence-corrected chi connectivity index (χ4v) is 3.70. The maximum atomic E-state index is 10.9. The topological polar surface area (TPSA) is 29.5 Å². The van der Waals surface area contributed by atoms with Crippen molar-refractivity contribution < 1.29 is 9.53 Å². The highest BCUT2D eigenvalue weighted by atomic mass is 16.5. The summed E-state index contributed by atoms with van der Waals surface area (Å²) in [6.07, 6.45) is 5.11. The Kier molecular flexibility index (Phi) is 3.56. The third kappa shape index (κ3) is 2.52. The van der Waals surface area contributed by atoms with Crippen molar-refractivity contribution in [2.45, 2.75) is 25.8 Å². The molecule has 102 valence electrons. The van der Waals surface area contributed by atoms with Crippen LogP contribution in [0.15, 0.2) is 18.2 Å². The average Bonchev–Trinajstić information content (AvgIpc) is 2.99. The van der Waals surface area contributed by atoms with Crippen molar-refractivity contribution in [3.63, 3.8) is 0 Å². The molecule has 19 heavy (non-hydrogen) atoms. The zero-order chi connectivity index (χ0) is 13.2. The number of hydrogen-bond donors (Lipinski definition) is 0. The van der Waals surface area contributed by atoms with Gasteiger partial charge in [-0.1, -0.05) is 6.42 Å². The smallest absolute Gasteiger partial charge is 0.150 e. The molecule has 0 amide bonds. The summed E-state index contributed by atoms with van der Waals surface area (Å²) in [4.78, 5) is 13.4. The van der Waals surface area contributed by atoms with E-state index in [0.29, 0.717) is 0 Å². The van der Waals surface area contributed by atoms with E-state index in [4.69, 9.17) is 4.74 Å². The van der Waals surface area contributed by atoms with Crippen LogP contribution in [0.4, 0.5) is 0 Å². The van der Waals surface area contributed by atoms with E-state index in [2.05, 4.69) is 4.90 Å². The van der Waals surface area contributed by atoms with Crippen molar-refractivity contribution in [3.05, 3.63) is 29.3 Å². The Morgan fingerprint density at radius 1 is 1.32 bits per heavy atom. The summed E-state index contributed by atoms with van der Waals surface area (Å²) in [7, 11) is 1.69. The number of carbonyl (C=O) groups excluding carboxylic acids is 1. The third-order valence-electron chi connectivity index (χ3n) is 4.64. The van der Waals surface area contributed by atoms with Gasteiger partial charge < -0.3 is 4.74 Å². The number of nitrogens with zero attached hydrogens (tertiary/aromatic N) is 1. The molecule has 2 unspecified atom stereocenters. The van der Waals surface area contributed by atoms with Crippen LogP contribution in [-0.4, -0.2) is 31.4 Å². The van der Waals surface area contributed by atoms with Crippen molar-refractivity contribution in [2.75, 3.05) is 20.2 Å². The molecule has 3 rings (SSSR count). The minimum Gasteiger partial charge on any atom is -0.496 e. The highest BCUT2D eigenvalue weighted by Crippen LogP contribution is 2.38. The number of carbonyl (C=O) groups is 1. The second-order valence-electron chi connectivity index (χ2n) is 5.83. The molecular weight excluding hydrogens is 238 g/mol. The summed E-state index contributed by atoms with van der Waals surface area (Å²) in [5.74, 6) is 2.70. The molecule has 0 radical (unpaired) electrons. The Hall–Kier alpha value is -1.35. The maximum Gasteiger partial charge on any atom is 0.150 e. The van der Waals surface area contributed by atoms with Gasteiger partial charge in [-0.05, 0) is 42.9 Å². The van der Waals surface area contributed by atoms with Gasteiger partial charge in [-0.3, -0.25) is 9.69 Å². The van der Waals surface area contributed by atoms with Gasteiger partial charge in [-0.2, -0.15) is 0 Å². The van der Waals surface area contributed by atoms with Gasteiger partial charge in [0.2, 0.25) is 0 Å². The van der Waals surface area contributed by atoms with Crippen LogP contribution in [0.25, 0.3) is 0 Å². The van der Waals surface area contributed by atoms with Gasteiger partial charge in [0, 0.05) is 30.8 Å². The van der Waals surface area contributed by atoms with E-state index in [0.717, 1.165) is 41.5 Å². The highest BCUT2D eigenvalue weighted by molar-refractivity contribution is 5.75. The molecule has 1 saturated heterocycles. The monoisotopic (exact) mass is 259 g/mol. The van der Waals surface area contributed by atoms with Crippen LogP contribution in [0.5, 0.6) is 5.75 Å². The normalized spacial score (nSPS) is 26.4. The molecule has 1 aliphatic carbocycles. The lowest BCUT2D eigenvalue weighted by Crippen LogP contribution is -2.21. The van der Waals surface area contributed by atoms with E-state index in [-0.39, 0.29) is 0 Å². The first-order valence-corrected chi connectivity index (χ1v) is 7.14. The van der Waals surface area contributed by atoms with Crippen LogP contribution < -0.4 is 4.74 Å². The Balaban J connectivity index is 1.74. The zero-order valence-corrected chi connectivity index (χ0v) is 11.5. The van der Waals surface area contributed by atoms with Gasteiger partial charge >= 0.3 is 0 Å². The summed E-state index contributed by atoms with van der Waals surface area (Å²) < 4.78 is 5.41. The van der Waals surface area contributed by atoms with Gasteiger partial charge in [0.05, 0.1) is 7.11 Å². The number of likely N-dealkylation sites (tertiary alicyclic amines) is 1. The van der Waals surface area contributed by atoms with Crippen LogP contribution in [0, 0.1) is 11.8 Å². The Morgan fingerprint density at radius 3 is 2.68 bits per heavy atom. The second kappa shape index (κ2) is 5.33. The molecule has 0 aromatic heterocycles. The summed E-state index contributed by atoms with van der Waals surface area (Å²) in [6.45, 7) is 3.32. The predicted molar refractivity (Wildman–Crippen MR) is 74.5 cm³/mol. The van der Waals surface area contributed by atoms with Crippen LogP contribution >= 0.6 is 0 Å². The van der Waals surface area contributed by atoms with E-state index >= 15 is 0 Å². The molecule has 2 fully saturated rings. The molecule has 1 aromatic rings. The van der Waals surface area contributed by atoms with Gasteiger partial charge in [0.25, 0.3) is 0 Å². The van der Waals surface area contributed by atoms with Crippen LogP contribution in [-0.2, 0) is 6.54 Å². The Labute approximate surface area is 114 Å².